The maximum atomic E-state index is 12.0. The molecule has 0 bridgehead atoms. The van der Waals surface area contributed by atoms with Crippen molar-refractivity contribution in [2.45, 2.75) is 31.4 Å². The topological polar surface area (TPSA) is 84.9 Å². The predicted octanol–water partition coefficient (Wildman–Crippen LogP) is 1.04. The van der Waals surface area contributed by atoms with Crippen molar-refractivity contribution in [3.63, 3.8) is 0 Å². The number of carboxylic acid groups (broad SMARTS) is 1. The van der Waals surface area contributed by atoms with Crippen LogP contribution in [0.25, 0.3) is 0 Å². The standard InChI is InChI=1S/C15H17NO5/c17-14(12-2-1-6-20-12)16-13(15(18)19)10-3-4-11-9(8-10)5-7-21-11/h3-4,8,12-13H,1-2,5-7H2,(H,16,17)(H,18,19)/t12-,13?/m0/s1. The van der Waals surface area contributed by atoms with Crippen LogP contribution in [0.1, 0.15) is 30.0 Å². The van der Waals surface area contributed by atoms with E-state index >= 15 is 0 Å². The summed E-state index contributed by atoms with van der Waals surface area (Å²) in [6.07, 6.45) is 1.68. The van der Waals surface area contributed by atoms with Gasteiger partial charge in [0.1, 0.15) is 11.9 Å². The number of nitrogens with one attached hydrogen (secondary N) is 1. The summed E-state index contributed by atoms with van der Waals surface area (Å²) in [7, 11) is 0. The lowest BCUT2D eigenvalue weighted by molar-refractivity contribution is -0.143. The summed E-state index contributed by atoms with van der Waals surface area (Å²) in [6, 6.07) is 4.16. The Hall–Kier alpha value is -2.08. The summed E-state index contributed by atoms with van der Waals surface area (Å²) in [5.41, 5.74) is 1.53. The highest BCUT2D eigenvalue weighted by atomic mass is 16.5. The number of benzene rings is 1. The van der Waals surface area contributed by atoms with Crippen molar-refractivity contribution < 1.29 is 24.2 Å². The Morgan fingerprint density at radius 1 is 1.33 bits per heavy atom. The van der Waals surface area contributed by atoms with Crippen LogP contribution in [0.3, 0.4) is 0 Å². The minimum absolute atomic E-state index is 0.364. The van der Waals surface area contributed by atoms with E-state index in [1.807, 2.05) is 0 Å². The van der Waals surface area contributed by atoms with E-state index in [4.69, 9.17) is 9.47 Å². The Balaban J connectivity index is 1.78. The van der Waals surface area contributed by atoms with Crippen LogP contribution in [0.5, 0.6) is 5.75 Å². The maximum absolute atomic E-state index is 12.0. The molecule has 0 radical (unpaired) electrons. The van der Waals surface area contributed by atoms with E-state index in [9.17, 15) is 14.7 Å². The number of amides is 1. The average Bonchev–Trinajstić information content (AvgIpc) is 3.13. The SMILES string of the molecule is O=C(O)C(NC(=O)[C@@H]1CCCO1)c1ccc2c(c1)CCO2. The molecular weight excluding hydrogens is 274 g/mol. The first kappa shape index (κ1) is 13.9. The van der Waals surface area contributed by atoms with Gasteiger partial charge in [0.15, 0.2) is 6.04 Å². The Kier molecular flexibility index (Phi) is 3.79. The molecule has 3 rings (SSSR count). The van der Waals surface area contributed by atoms with Gasteiger partial charge < -0.3 is 19.9 Å². The first-order valence-electron chi connectivity index (χ1n) is 7.05. The zero-order chi connectivity index (χ0) is 14.8. The third-order valence-electron chi connectivity index (χ3n) is 3.80. The molecule has 1 aromatic rings. The minimum atomic E-state index is -1.08. The van der Waals surface area contributed by atoms with Gasteiger partial charge in [-0.3, -0.25) is 4.79 Å². The Bertz CT molecular complexity index is 565. The van der Waals surface area contributed by atoms with Crippen LogP contribution >= 0.6 is 0 Å². The molecule has 2 aliphatic heterocycles. The van der Waals surface area contributed by atoms with Crippen LogP contribution in [0.2, 0.25) is 0 Å². The molecule has 1 unspecified atom stereocenters. The van der Waals surface area contributed by atoms with Gasteiger partial charge in [-0.1, -0.05) is 6.07 Å². The number of carbonyl (C=O) groups is 2. The highest BCUT2D eigenvalue weighted by Crippen LogP contribution is 2.28. The summed E-state index contributed by atoms with van der Waals surface area (Å²) < 4.78 is 10.7. The minimum Gasteiger partial charge on any atom is -0.493 e. The van der Waals surface area contributed by atoms with E-state index in [0.717, 1.165) is 24.2 Å². The molecule has 2 heterocycles. The van der Waals surface area contributed by atoms with Gasteiger partial charge in [0.05, 0.1) is 6.61 Å². The van der Waals surface area contributed by atoms with Gasteiger partial charge in [-0.05, 0) is 36.1 Å². The molecule has 6 nitrogen and oxygen atoms in total. The molecule has 1 aromatic carbocycles. The third-order valence-corrected chi connectivity index (χ3v) is 3.80. The van der Waals surface area contributed by atoms with Gasteiger partial charge in [-0.25, -0.2) is 4.79 Å². The highest BCUT2D eigenvalue weighted by Gasteiger charge is 2.29. The van der Waals surface area contributed by atoms with E-state index in [1.165, 1.54) is 0 Å². The third kappa shape index (κ3) is 2.85. The molecule has 6 heteroatoms. The highest BCUT2D eigenvalue weighted by molar-refractivity contribution is 5.87. The molecule has 1 saturated heterocycles. The van der Waals surface area contributed by atoms with E-state index in [0.29, 0.717) is 25.2 Å². The van der Waals surface area contributed by atoms with Crippen molar-refractivity contribution in [1.82, 2.24) is 5.32 Å². The fraction of sp³-hybridized carbons (Fsp3) is 0.467. The molecule has 2 atom stereocenters. The van der Waals surface area contributed by atoms with Crippen LogP contribution < -0.4 is 10.1 Å². The quantitative estimate of drug-likeness (QED) is 0.866. The second-order valence-electron chi connectivity index (χ2n) is 5.25. The molecule has 2 aliphatic rings. The van der Waals surface area contributed by atoms with E-state index in [1.54, 1.807) is 18.2 Å². The lowest BCUT2D eigenvalue weighted by atomic mass is 10.0. The van der Waals surface area contributed by atoms with Crippen molar-refractivity contribution >= 4 is 11.9 Å². The summed E-state index contributed by atoms with van der Waals surface area (Å²) in [4.78, 5) is 23.5. The zero-order valence-electron chi connectivity index (χ0n) is 11.5. The Morgan fingerprint density at radius 2 is 2.19 bits per heavy atom. The molecular formula is C15H17NO5. The van der Waals surface area contributed by atoms with Gasteiger partial charge in [0, 0.05) is 13.0 Å². The van der Waals surface area contributed by atoms with Crippen molar-refractivity contribution in [1.29, 1.82) is 0 Å². The van der Waals surface area contributed by atoms with Crippen LogP contribution in [0.4, 0.5) is 0 Å². The molecule has 1 fully saturated rings. The van der Waals surface area contributed by atoms with Crippen molar-refractivity contribution in [3.8, 4) is 5.75 Å². The van der Waals surface area contributed by atoms with Gasteiger partial charge in [0.25, 0.3) is 0 Å². The number of carbonyl (C=O) groups excluding carboxylic acids is 1. The van der Waals surface area contributed by atoms with Gasteiger partial charge >= 0.3 is 5.97 Å². The monoisotopic (exact) mass is 291 g/mol. The second kappa shape index (κ2) is 5.73. The summed E-state index contributed by atoms with van der Waals surface area (Å²) >= 11 is 0. The zero-order valence-corrected chi connectivity index (χ0v) is 11.5. The Labute approximate surface area is 122 Å². The molecule has 0 saturated carbocycles. The fourth-order valence-corrected chi connectivity index (χ4v) is 2.69. The van der Waals surface area contributed by atoms with Gasteiger partial charge in [-0.2, -0.15) is 0 Å². The van der Waals surface area contributed by atoms with E-state index in [2.05, 4.69) is 5.32 Å². The number of fused-ring (bicyclic) bond motifs is 1. The normalized spacial score (nSPS) is 21.4. The van der Waals surface area contributed by atoms with Gasteiger partial charge in [-0.15, -0.1) is 0 Å². The van der Waals surface area contributed by atoms with Crippen LogP contribution in [0, 0.1) is 0 Å². The summed E-state index contributed by atoms with van der Waals surface area (Å²) in [5.74, 6) is -0.662. The molecule has 0 aliphatic carbocycles. The number of hydrogen-bond donors (Lipinski definition) is 2. The van der Waals surface area contributed by atoms with Crippen molar-refractivity contribution in [2.24, 2.45) is 0 Å². The molecule has 21 heavy (non-hydrogen) atoms. The maximum Gasteiger partial charge on any atom is 0.330 e. The van der Waals surface area contributed by atoms with Crippen LogP contribution in [0.15, 0.2) is 18.2 Å². The molecule has 0 spiro atoms. The second-order valence-corrected chi connectivity index (χ2v) is 5.25. The molecule has 0 aromatic heterocycles. The fourth-order valence-electron chi connectivity index (χ4n) is 2.69. The number of rotatable bonds is 4. The van der Waals surface area contributed by atoms with Crippen LogP contribution in [-0.4, -0.2) is 36.3 Å². The van der Waals surface area contributed by atoms with Crippen LogP contribution in [-0.2, 0) is 20.7 Å². The van der Waals surface area contributed by atoms with Gasteiger partial charge in [0.2, 0.25) is 5.91 Å². The number of aliphatic carboxylic acids is 1. The summed E-state index contributed by atoms with van der Waals surface area (Å²) in [6.45, 7) is 1.16. The first-order chi connectivity index (χ1) is 10.1. The van der Waals surface area contributed by atoms with Crippen molar-refractivity contribution in [2.75, 3.05) is 13.2 Å². The Morgan fingerprint density at radius 3 is 2.90 bits per heavy atom. The molecule has 2 N–H and O–H groups in total. The average molecular weight is 291 g/mol. The van der Waals surface area contributed by atoms with E-state index in [-0.39, 0.29) is 5.91 Å². The lowest BCUT2D eigenvalue weighted by Gasteiger charge is -2.18. The summed E-state index contributed by atoms with van der Waals surface area (Å²) in [5, 5.41) is 11.9. The smallest absolute Gasteiger partial charge is 0.330 e. The number of ether oxygens (including phenoxy) is 2. The number of carboxylic acids is 1. The number of hydrogen-bond acceptors (Lipinski definition) is 4. The van der Waals surface area contributed by atoms with Crippen molar-refractivity contribution in [3.05, 3.63) is 29.3 Å². The molecule has 1 amide bonds. The largest absolute Gasteiger partial charge is 0.493 e. The molecule has 112 valence electrons. The lowest BCUT2D eigenvalue weighted by Crippen LogP contribution is -2.40. The van der Waals surface area contributed by atoms with E-state index < -0.39 is 18.1 Å². The first-order valence-corrected chi connectivity index (χ1v) is 7.05. The predicted molar refractivity (Wildman–Crippen MR) is 73.1 cm³/mol.